The molecular weight excluding hydrogens is 499 g/mol. The van der Waals surface area contributed by atoms with E-state index in [9.17, 15) is 14.0 Å². The first-order valence-corrected chi connectivity index (χ1v) is 10.5. The van der Waals surface area contributed by atoms with Gasteiger partial charge in [-0.05, 0) is 30.3 Å². The van der Waals surface area contributed by atoms with Crippen molar-refractivity contribution in [3.05, 3.63) is 64.1 Å². The second-order valence-corrected chi connectivity index (χ2v) is 8.19. The molecule has 1 saturated heterocycles. The van der Waals surface area contributed by atoms with E-state index in [2.05, 4.69) is 36.2 Å². The largest absolute Gasteiger partial charge is 0.453 e. The minimum absolute atomic E-state index is 0.0180. The number of amidine groups is 1. The van der Waals surface area contributed by atoms with Gasteiger partial charge in [0.05, 0.1) is 36.1 Å². The zero-order valence-corrected chi connectivity index (χ0v) is 19.0. The number of methoxy groups -OCH3 is 1. The number of hydrogen-bond acceptors (Lipinski definition) is 7. The number of anilines is 1. The molecule has 2 amide bonds. The van der Waals surface area contributed by atoms with E-state index in [0.717, 1.165) is 9.59 Å². The minimum Gasteiger partial charge on any atom is -0.453 e. The fourth-order valence-electron chi connectivity index (χ4n) is 3.26. The zero-order valence-electron chi connectivity index (χ0n) is 17.4. The number of nitrogens with two attached hydrogens (primary N) is 2. The number of carbonyl (C=O) groups excluding carboxylic acids is 2. The number of likely N-dealkylation sites (tertiary alicyclic amines) is 1. The Morgan fingerprint density at radius 3 is 2.82 bits per heavy atom. The van der Waals surface area contributed by atoms with Crippen LogP contribution >= 0.6 is 15.9 Å². The van der Waals surface area contributed by atoms with Gasteiger partial charge in [-0.2, -0.15) is 5.10 Å². The molecule has 0 spiro atoms. The van der Waals surface area contributed by atoms with Gasteiger partial charge in [0.15, 0.2) is 5.84 Å². The van der Waals surface area contributed by atoms with Gasteiger partial charge in [-0.25, -0.2) is 24.7 Å². The van der Waals surface area contributed by atoms with Crippen LogP contribution in [0.3, 0.4) is 0 Å². The third-order valence-electron chi connectivity index (χ3n) is 5.13. The Morgan fingerprint density at radius 2 is 2.09 bits per heavy atom. The van der Waals surface area contributed by atoms with Crippen LogP contribution < -0.4 is 16.9 Å². The van der Waals surface area contributed by atoms with Crippen molar-refractivity contribution >= 4 is 45.0 Å². The number of pyridine rings is 1. The lowest BCUT2D eigenvalue weighted by Crippen LogP contribution is -2.61. The van der Waals surface area contributed by atoms with E-state index in [1.54, 1.807) is 18.3 Å². The Labute approximate surface area is 195 Å². The maximum Gasteiger partial charge on any atom is 0.409 e. The molecule has 2 aromatic heterocycles. The van der Waals surface area contributed by atoms with Gasteiger partial charge in [-0.15, -0.1) is 5.10 Å². The van der Waals surface area contributed by atoms with E-state index in [0.29, 0.717) is 24.2 Å². The fraction of sp³-hybridized carbons (Fsp3) is 0.200. The van der Waals surface area contributed by atoms with Crippen molar-refractivity contribution in [3.63, 3.8) is 0 Å². The van der Waals surface area contributed by atoms with Crippen LogP contribution in [-0.4, -0.2) is 63.7 Å². The van der Waals surface area contributed by atoms with E-state index in [1.165, 1.54) is 40.9 Å². The van der Waals surface area contributed by atoms with Crippen molar-refractivity contribution in [2.45, 2.75) is 6.04 Å². The highest BCUT2D eigenvalue weighted by atomic mass is 79.9. The molecule has 5 N–H and O–H groups in total. The molecule has 1 aromatic carbocycles. The van der Waals surface area contributed by atoms with Gasteiger partial charge in [0, 0.05) is 29.3 Å². The van der Waals surface area contributed by atoms with Crippen molar-refractivity contribution < 1.29 is 18.7 Å². The number of rotatable bonds is 5. The molecule has 0 unspecified atom stereocenters. The zero-order chi connectivity index (χ0) is 23.7. The van der Waals surface area contributed by atoms with Crippen LogP contribution in [0.1, 0.15) is 15.9 Å². The summed E-state index contributed by atoms with van der Waals surface area (Å²) in [6.45, 7) is 0.668. The van der Waals surface area contributed by atoms with Gasteiger partial charge in [-0.1, -0.05) is 15.9 Å². The molecule has 0 aliphatic carbocycles. The predicted molar refractivity (Wildman–Crippen MR) is 122 cm³/mol. The summed E-state index contributed by atoms with van der Waals surface area (Å²) < 4.78 is 21.4. The lowest BCUT2D eigenvalue weighted by Gasteiger charge is -2.40. The topological polar surface area (TPSA) is 144 Å². The normalized spacial score (nSPS) is 14.2. The third kappa shape index (κ3) is 4.59. The molecule has 0 radical (unpaired) electrons. The number of ether oxygens (including phenoxy) is 1. The lowest BCUT2D eigenvalue weighted by molar-refractivity contribution is 0.0301. The number of halogens is 2. The van der Waals surface area contributed by atoms with E-state index in [1.807, 2.05) is 0 Å². The standard InChI is InChI=1S/C20H20BrFN8O3/c1-33-20(32)28-9-13(10-28)30(24)27-18(23)11-2-3-15(22)16(6-11)26-19(31)14-8-25-29-5-4-12(21)7-17(14)29/h2-8,13H,9-10,24H2,1H3,(H2,23,27)(H,26,31). The molecule has 0 bridgehead atoms. The summed E-state index contributed by atoms with van der Waals surface area (Å²) >= 11 is 3.36. The van der Waals surface area contributed by atoms with Crippen LogP contribution in [0, 0.1) is 5.82 Å². The second-order valence-electron chi connectivity index (χ2n) is 7.28. The summed E-state index contributed by atoms with van der Waals surface area (Å²) in [7, 11) is 1.30. The first-order valence-electron chi connectivity index (χ1n) is 9.72. The smallest absolute Gasteiger partial charge is 0.409 e. The summed E-state index contributed by atoms with van der Waals surface area (Å²) in [6.07, 6.45) is 2.64. The van der Waals surface area contributed by atoms with Crippen LogP contribution in [-0.2, 0) is 4.74 Å². The molecule has 0 atom stereocenters. The van der Waals surface area contributed by atoms with Gasteiger partial charge >= 0.3 is 6.09 Å². The first kappa shape index (κ1) is 22.5. The number of carbonyl (C=O) groups is 2. The molecule has 3 aromatic rings. The highest BCUT2D eigenvalue weighted by Crippen LogP contribution is 2.21. The summed E-state index contributed by atoms with van der Waals surface area (Å²) in [5.41, 5.74) is 7.15. The predicted octanol–water partition coefficient (Wildman–Crippen LogP) is 1.73. The summed E-state index contributed by atoms with van der Waals surface area (Å²) in [4.78, 5) is 25.7. The quantitative estimate of drug-likeness (QED) is 0.202. The molecule has 13 heteroatoms. The fourth-order valence-corrected chi connectivity index (χ4v) is 3.60. The average molecular weight is 519 g/mol. The van der Waals surface area contributed by atoms with Crippen LogP contribution in [0.2, 0.25) is 0 Å². The third-order valence-corrected chi connectivity index (χ3v) is 5.62. The average Bonchev–Trinajstić information content (AvgIpc) is 3.17. The molecular formula is C20H20BrFN8O3. The van der Waals surface area contributed by atoms with Crippen molar-refractivity contribution in [3.8, 4) is 0 Å². The van der Waals surface area contributed by atoms with Gasteiger partial charge in [0.25, 0.3) is 5.91 Å². The molecule has 4 rings (SSSR count). The number of hydrazine groups is 1. The molecule has 33 heavy (non-hydrogen) atoms. The number of amides is 2. The van der Waals surface area contributed by atoms with Gasteiger partial charge in [0.2, 0.25) is 0 Å². The Balaban J connectivity index is 1.49. The van der Waals surface area contributed by atoms with Crippen molar-refractivity contribution in [1.82, 2.24) is 19.6 Å². The minimum atomic E-state index is -0.644. The van der Waals surface area contributed by atoms with Gasteiger partial charge in [0.1, 0.15) is 5.82 Å². The number of hydrazone groups is 1. The van der Waals surface area contributed by atoms with Gasteiger partial charge < -0.3 is 20.7 Å². The number of nitrogens with zero attached hydrogens (tertiary/aromatic N) is 5. The van der Waals surface area contributed by atoms with E-state index in [-0.39, 0.29) is 23.1 Å². The maximum atomic E-state index is 14.4. The SMILES string of the molecule is COC(=O)N1CC(N(N)/N=C(\N)c2ccc(F)c(NC(=O)c3cnn4ccc(Br)cc34)c2)C1. The van der Waals surface area contributed by atoms with E-state index in [4.69, 9.17) is 11.6 Å². The number of nitrogens with one attached hydrogen (secondary N) is 1. The Hall–Kier alpha value is -3.71. The highest BCUT2D eigenvalue weighted by molar-refractivity contribution is 9.10. The molecule has 1 fully saturated rings. The van der Waals surface area contributed by atoms with Gasteiger partial charge in [-0.3, -0.25) is 4.79 Å². The molecule has 1 aliphatic heterocycles. The summed E-state index contributed by atoms with van der Waals surface area (Å²) in [5.74, 6) is 4.77. The molecule has 172 valence electrons. The molecule has 0 saturated carbocycles. The summed E-state index contributed by atoms with van der Waals surface area (Å²) in [6, 6.07) is 7.23. The van der Waals surface area contributed by atoms with Crippen LogP contribution in [0.25, 0.3) is 5.52 Å². The second kappa shape index (κ2) is 9.03. The number of aromatic nitrogens is 2. The van der Waals surface area contributed by atoms with Crippen molar-refractivity contribution in [1.29, 1.82) is 0 Å². The molecule has 3 heterocycles. The van der Waals surface area contributed by atoms with E-state index < -0.39 is 17.8 Å². The monoisotopic (exact) mass is 518 g/mol. The molecule has 1 aliphatic rings. The number of hydrogen-bond donors (Lipinski definition) is 3. The number of benzene rings is 1. The van der Waals surface area contributed by atoms with Crippen LogP contribution in [0.15, 0.2) is 52.3 Å². The van der Waals surface area contributed by atoms with Crippen molar-refractivity contribution in [2.75, 3.05) is 25.5 Å². The summed E-state index contributed by atoms with van der Waals surface area (Å²) in [5, 5.41) is 11.9. The Kier molecular flexibility index (Phi) is 6.16. The lowest BCUT2D eigenvalue weighted by atomic mass is 10.1. The number of fused-ring (bicyclic) bond motifs is 1. The van der Waals surface area contributed by atoms with Crippen molar-refractivity contribution in [2.24, 2.45) is 16.7 Å². The Bertz CT molecular complexity index is 1260. The first-order chi connectivity index (χ1) is 15.8. The maximum absolute atomic E-state index is 14.4. The van der Waals surface area contributed by atoms with Crippen LogP contribution in [0.5, 0.6) is 0 Å². The molecule has 11 nitrogen and oxygen atoms in total. The van der Waals surface area contributed by atoms with Crippen LogP contribution in [0.4, 0.5) is 14.9 Å². The highest BCUT2D eigenvalue weighted by Gasteiger charge is 2.34. The van der Waals surface area contributed by atoms with E-state index >= 15 is 0 Å². The Morgan fingerprint density at radius 1 is 1.33 bits per heavy atom.